The minimum atomic E-state index is 0. The molecule has 0 bridgehead atoms. The molecule has 8 heteroatoms. The molecule has 4 N–H and O–H groups in total. The van der Waals surface area contributed by atoms with E-state index in [0.717, 1.165) is 12.1 Å². The molecular formula is C12H17Cl2N5S. The summed E-state index contributed by atoms with van der Waals surface area (Å²) in [6, 6.07) is 7.00. The van der Waals surface area contributed by atoms with Crippen LogP contribution in [0.25, 0.3) is 0 Å². The Balaban J connectivity index is 0.00000361. The van der Waals surface area contributed by atoms with E-state index in [9.17, 15) is 0 Å². The third-order valence-electron chi connectivity index (χ3n) is 2.35. The molecule has 0 saturated heterocycles. The second kappa shape index (κ2) is 8.73. The van der Waals surface area contributed by atoms with Gasteiger partial charge in [0.25, 0.3) is 0 Å². The third-order valence-corrected chi connectivity index (χ3v) is 2.77. The van der Waals surface area contributed by atoms with Crippen LogP contribution in [0.5, 0.6) is 0 Å². The second-order valence-electron chi connectivity index (χ2n) is 3.80. The van der Waals surface area contributed by atoms with Crippen LogP contribution in [0, 0.1) is 0 Å². The standard InChI is InChI=1S/C12H16ClN5S.ClH/c1-3-8(2)16-17-11(14)18(12(15)19)10-6-4-5-9(13)7-10;/h4-7H,3H2,1-2H3,(H2,14,17)(H2,15,19);1H/b16-8+;. The molecule has 1 aromatic carbocycles. The van der Waals surface area contributed by atoms with Crippen molar-refractivity contribution in [2.75, 3.05) is 4.90 Å². The van der Waals surface area contributed by atoms with Gasteiger partial charge in [0, 0.05) is 10.7 Å². The summed E-state index contributed by atoms with van der Waals surface area (Å²) >= 11 is 10.9. The van der Waals surface area contributed by atoms with Gasteiger partial charge in [-0.1, -0.05) is 24.6 Å². The molecule has 0 fully saturated rings. The molecule has 0 aromatic heterocycles. The summed E-state index contributed by atoms with van der Waals surface area (Å²) in [5.74, 6) is 0.0996. The first-order chi connectivity index (χ1) is 8.95. The second-order valence-corrected chi connectivity index (χ2v) is 4.66. The topological polar surface area (TPSA) is 80.0 Å². The molecule has 0 heterocycles. The number of thiocarbonyl (C=S) groups is 1. The lowest BCUT2D eigenvalue weighted by atomic mass is 10.3. The van der Waals surface area contributed by atoms with Crippen molar-refractivity contribution in [3.8, 4) is 0 Å². The highest BCUT2D eigenvalue weighted by Gasteiger charge is 2.14. The van der Waals surface area contributed by atoms with Gasteiger partial charge in [-0.25, -0.2) is 0 Å². The maximum absolute atomic E-state index is 5.93. The van der Waals surface area contributed by atoms with Crippen molar-refractivity contribution in [2.24, 2.45) is 21.7 Å². The van der Waals surface area contributed by atoms with E-state index >= 15 is 0 Å². The number of hydrogen-bond donors (Lipinski definition) is 2. The van der Waals surface area contributed by atoms with Crippen LogP contribution >= 0.6 is 36.2 Å². The average Bonchev–Trinajstić information content (AvgIpc) is 2.35. The summed E-state index contributed by atoms with van der Waals surface area (Å²) in [5.41, 5.74) is 13.0. The van der Waals surface area contributed by atoms with Crippen LogP contribution in [0.1, 0.15) is 20.3 Å². The highest BCUT2D eigenvalue weighted by atomic mass is 35.5. The van der Waals surface area contributed by atoms with E-state index in [1.807, 2.05) is 13.8 Å². The van der Waals surface area contributed by atoms with Crippen molar-refractivity contribution in [1.82, 2.24) is 0 Å². The smallest absolute Gasteiger partial charge is 0.227 e. The molecule has 110 valence electrons. The van der Waals surface area contributed by atoms with Crippen molar-refractivity contribution in [1.29, 1.82) is 0 Å². The Morgan fingerprint density at radius 3 is 2.50 bits per heavy atom. The quantitative estimate of drug-likeness (QED) is 0.385. The van der Waals surface area contributed by atoms with Gasteiger partial charge in [0.15, 0.2) is 5.11 Å². The Kier molecular flexibility index (Phi) is 8.13. The average molecular weight is 334 g/mol. The molecule has 0 unspecified atom stereocenters. The van der Waals surface area contributed by atoms with Crippen molar-refractivity contribution in [2.45, 2.75) is 20.3 Å². The lowest BCUT2D eigenvalue weighted by Gasteiger charge is -2.20. The summed E-state index contributed by atoms with van der Waals surface area (Å²) in [6.45, 7) is 3.84. The fourth-order valence-corrected chi connectivity index (χ4v) is 1.62. The Labute approximate surface area is 135 Å². The SMILES string of the molecule is CC/C(C)=N/N=C(\N)N(C(N)=S)c1cccc(Cl)c1.Cl. The number of anilines is 1. The van der Waals surface area contributed by atoms with Crippen LogP contribution in [0.4, 0.5) is 5.69 Å². The zero-order valence-electron chi connectivity index (χ0n) is 11.2. The fraction of sp³-hybridized carbons (Fsp3) is 0.250. The molecule has 0 amide bonds. The van der Waals surface area contributed by atoms with Gasteiger partial charge >= 0.3 is 0 Å². The van der Waals surface area contributed by atoms with E-state index in [1.54, 1.807) is 24.3 Å². The summed E-state index contributed by atoms with van der Waals surface area (Å²) in [4.78, 5) is 1.41. The number of nitrogens with zero attached hydrogens (tertiary/aromatic N) is 3. The van der Waals surface area contributed by atoms with Crippen LogP contribution in [0.3, 0.4) is 0 Å². The molecule has 0 saturated carbocycles. The van der Waals surface area contributed by atoms with E-state index < -0.39 is 0 Å². The van der Waals surface area contributed by atoms with E-state index in [4.69, 9.17) is 35.3 Å². The van der Waals surface area contributed by atoms with E-state index in [-0.39, 0.29) is 23.5 Å². The molecule has 0 aliphatic rings. The number of benzene rings is 1. The zero-order valence-corrected chi connectivity index (χ0v) is 13.6. The number of rotatable bonds is 3. The van der Waals surface area contributed by atoms with Crippen LogP contribution in [-0.4, -0.2) is 16.8 Å². The van der Waals surface area contributed by atoms with Gasteiger partial charge in [-0.2, -0.15) is 5.10 Å². The fourth-order valence-electron chi connectivity index (χ4n) is 1.24. The number of guanidine groups is 1. The molecule has 0 spiro atoms. The Morgan fingerprint density at radius 1 is 1.35 bits per heavy atom. The first-order valence-corrected chi connectivity index (χ1v) is 6.46. The lowest BCUT2D eigenvalue weighted by molar-refractivity contribution is 1.14. The van der Waals surface area contributed by atoms with Crippen molar-refractivity contribution < 1.29 is 0 Å². The van der Waals surface area contributed by atoms with Gasteiger partial charge in [0.1, 0.15) is 0 Å². The first-order valence-electron chi connectivity index (χ1n) is 5.67. The Morgan fingerprint density at radius 2 is 2.00 bits per heavy atom. The van der Waals surface area contributed by atoms with Gasteiger partial charge in [-0.05, 0) is 43.8 Å². The van der Waals surface area contributed by atoms with E-state index in [2.05, 4.69) is 10.2 Å². The molecule has 0 aliphatic heterocycles. The van der Waals surface area contributed by atoms with E-state index in [1.165, 1.54) is 4.90 Å². The van der Waals surface area contributed by atoms with Crippen molar-refractivity contribution >= 4 is 58.7 Å². The van der Waals surface area contributed by atoms with Crippen LogP contribution in [0.15, 0.2) is 34.5 Å². The Hall–Kier alpha value is -1.37. The number of hydrogen-bond acceptors (Lipinski definition) is 3. The Bertz CT molecular complexity index is 530. The maximum atomic E-state index is 5.93. The normalized spacial score (nSPS) is 11.8. The molecule has 0 aliphatic carbocycles. The molecule has 20 heavy (non-hydrogen) atoms. The molecule has 0 atom stereocenters. The minimum Gasteiger partial charge on any atom is -0.376 e. The summed E-state index contributed by atoms with van der Waals surface area (Å²) in [7, 11) is 0. The highest BCUT2D eigenvalue weighted by Crippen LogP contribution is 2.19. The van der Waals surface area contributed by atoms with Crippen LogP contribution < -0.4 is 16.4 Å². The molecule has 5 nitrogen and oxygen atoms in total. The van der Waals surface area contributed by atoms with Gasteiger partial charge in [-0.15, -0.1) is 17.5 Å². The molecule has 1 rings (SSSR count). The molecule has 0 radical (unpaired) electrons. The van der Waals surface area contributed by atoms with Gasteiger partial charge in [0.2, 0.25) is 5.96 Å². The minimum absolute atomic E-state index is 0. The third kappa shape index (κ3) is 5.32. The lowest BCUT2D eigenvalue weighted by Crippen LogP contribution is -2.45. The van der Waals surface area contributed by atoms with Crippen LogP contribution in [-0.2, 0) is 0 Å². The van der Waals surface area contributed by atoms with E-state index in [0.29, 0.717) is 10.7 Å². The maximum Gasteiger partial charge on any atom is 0.227 e. The zero-order chi connectivity index (χ0) is 14.4. The van der Waals surface area contributed by atoms with Gasteiger partial charge in [-0.3, -0.25) is 4.90 Å². The van der Waals surface area contributed by atoms with Gasteiger partial charge < -0.3 is 11.5 Å². The molecule has 1 aromatic rings. The van der Waals surface area contributed by atoms with Crippen molar-refractivity contribution in [3.63, 3.8) is 0 Å². The van der Waals surface area contributed by atoms with Crippen molar-refractivity contribution in [3.05, 3.63) is 29.3 Å². The predicted molar refractivity (Wildman–Crippen MR) is 93.0 cm³/mol. The predicted octanol–water partition coefficient (Wildman–Crippen LogP) is 2.91. The summed E-state index contributed by atoms with van der Waals surface area (Å²) in [6.07, 6.45) is 0.793. The number of nitrogens with two attached hydrogens (primary N) is 2. The highest BCUT2D eigenvalue weighted by molar-refractivity contribution is 7.80. The van der Waals surface area contributed by atoms with Gasteiger partial charge in [0.05, 0.1) is 5.69 Å². The monoisotopic (exact) mass is 333 g/mol. The van der Waals surface area contributed by atoms with Crippen LogP contribution in [0.2, 0.25) is 5.02 Å². The number of halogens is 2. The molecular weight excluding hydrogens is 317 g/mol. The summed E-state index contributed by atoms with van der Waals surface area (Å²) < 4.78 is 0. The largest absolute Gasteiger partial charge is 0.376 e. The first kappa shape index (κ1) is 18.6. The summed E-state index contributed by atoms with van der Waals surface area (Å²) in [5, 5.41) is 8.54.